The molecule has 0 bridgehead atoms. The number of benzene rings is 1. The Bertz CT molecular complexity index is 705. The van der Waals surface area contributed by atoms with Gasteiger partial charge >= 0.3 is 0 Å². The molecule has 23 heavy (non-hydrogen) atoms. The largest absolute Gasteiger partial charge is 0.366 e. The Morgan fingerprint density at radius 2 is 1.91 bits per heavy atom. The number of amides is 1. The second kappa shape index (κ2) is 6.71. The van der Waals surface area contributed by atoms with E-state index in [0.29, 0.717) is 31.9 Å². The summed E-state index contributed by atoms with van der Waals surface area (Å²) in [6.45, 7) is 6.76. The highest BCUT2D eigenvalue weighted by Crippen LogP contribution is 2.25. The van der Waals surface area contributed by atoms with Crippen molar-refractivity contribution in [3.05, 3.63) is 51.5 Å². The van der Waals surface area contributed by atoms with Crippen molar-refractivity contribution >= 4 is 22.9 Å². The summed E-state index contributed by atoms with van der Waals surface area (Å²) in [6.07, 6.45) is 0.955. The first-order valence-corrected chi connectivity index (χ1v) is 8.80. The van der Waals surface area contributed by atoms with E-state index in [1.165, 1.54) is 16.5 Å². The average molecular weight is 332 g/mol. The molecule has 0 spiro atoms. The number of rotatable bonds is 3. The van der Waals surface area contributed by atoms with E-state index >= 15 is 0 Å². The maximum atomic E-state index is 13.9. The molecular formula is C18H21FN2OS. The number of carbonyl (C=O) groups excluding carboxylic acids is 1. The number of aryl methyl sites for hydroxylation is 2. The molecule has 5 heteroatoms. The van der Waals surface area contributed by atoms with Gasteiger partial charge in [0.05, 0.1) is 10.6 Å². The normalized spacial score (nSPS) is 15.1. The number of carbonyl (C=O) groups is 1. The van der Waals surface area contributed by atoms with Crippen LogP contribution in [0.1, 0.15) is 27.0 Å². The lowest BCUT2D eigenvalue weighted by Crippen LogP contribution is -2.48. The van der Waals surface area contributed by atoms with Crippen molar-refractivity contribution in [3.63, 3.8) is 0 Å². The van der Waals surface area contributed by atoms with E-state index in [0.717, 1.165) is 11.3 Å². The number of para-hydroxylation sites is 1. The number of nitrogens with zero attached hydrogens (tertiary/aromatic N) is 2. The molecule has 3 nitrogen and oxygen atoms in total. The van der Waals surface area contributed by atoms with Crippen LogP contribution in [0, 0.1) is 12.7 Å². The topological polar surface area (TPSA) is 23.6 Å². The number of thiophene rings is 1. The number of anilines is 1. The minimum absolute atomic E-state index is 0.103. The van der Waals surface area contributed by atoms with Crippen LogP contribution in [-0.2, 0) is 6.42 Å². The molecule has 0 unspecified atom stereocenters. The molecule has 2 aromatic rings. The predicted molar refractivity (Wildman–Crippen MR) is 93.0 cm³/mol. The first kappa shape index (κ1) is 16.0. The van der Waals surface area contributed by atoms with E-state index in [1.54, 1.807) is 23.5 Å². The van der Waals surface area contributed by atoms with Crippen LogP contribution >= 0.6 is 11.3 Å². The SMILES string of the molecule is CCc1cc(C(=O)N2CCN(c3ccccc3F)CC2)sc1C. The second-order valence-electron chi connectivity index (χ2n) is 5.78. The van der Waals surface area contributed by atoms with Crippen LogP contribution in [-0.4, -0.2) is 37.0 Å². The molecule has 1 aliphatic heterocycles. The first-order valence-electron chi connectivity index (χ1n) is 7.98. The van der Waals surface area contributed by atoms with E-state index < -0.39 is 0 Å². The number of halogens is 1. The third-order valence-electron chi connectivity index (χ3n) is 4.37. The van der Waals surface area contributed by atoms with Crippen LogP contribution in [0.2, 0.25) is 0 Å². The van der Waals surface area contributed by atoms with Crippen molar-refractivity contribution in [2.45, 2.75) is 20.3 Å². The smallest absolute Gasteiger partial charge is 0.264 e. The second-order valence-corrected chi connectivity index (χ2v) is 7.03. The van der Waals surface area contributed by atoms with Crippen LogP contribution < -0.4 is 4.90 Å². The molecule has 0 saturated carbocycles. The minimum atomic E-state index is -0.200. The maximum Gasteiger partial charge on any atom is 0.264 e. The summed E-state index contributed by atoms with van der Waals surface area (Å²) in [7, 11) is 0. The molecule has 1 aliphatic rings. The molecule has 1 amide bonds. The van der Waals surface area contributed by atoms with Crippen molar-refractivity contribution in [1.29, 1.82) is 0 Å². The zero-order valence-corrected chi connectivity index (χ0v) is 14.3. The molecular weight excluding hydrogens is 311 g/mol. The number of hydrogen-bond donors (Lipinski definition) is 0. The zero-order chi connectivity index (χ0) is 16.4. The summed E-state index contributed by atoms with van der Waals surface area (Å²) in [5, 5.41) is 0. The molecule has 0 radical (unpaired) electrons. The molecule has 1 fully saturated rings. The summed E-state index contributed by atoms with van der Waals surface area (Å²) < 4.78 is 13.9. The lowest BCUT2D eigenvalue weighted by atomic mass is 10.2. The highest BCUT2D eigenvalue weighted by atomic mass is 32.1. The van der Waals surface area contributed by atoms with Crippen LogP contribution in [0.15, 0.2) is 30.3 Å². The Hall–Kier alpha value is -1.88. The van der Waals surface area contributed by atoms with Crippen LogP contribution in [0.3, 0.4) is 0 Å². The maximum absolute atomic E-state index is 13.9. The van der Waals surface area contributed by atoms with Crippen molar-refractivity contribution in [2.24, 2.45) is 0 Å². The third kappa shape index (κ3) is 3.24. The van der Waals surface area contributed by atoms with Gasteiger partial charge in [0.2, 0.25) is 0 Å². The molecule has 2 heterocycles. The van der Waals surface area contributed by atoms with Crippen molar-refractivity contribution in [3.8, 4) is 0 Å². The fraction of sp³-hybridized carbons (Fsp3) is 0.389. The van der Waals surface area contributed by atoms with Crippen LogP contribution in [0.25, 0.3) is 0 Å². The summed E-state index contributed by atoms with van der Waals surface area (Å²) >= 11 is 1.58. The number of hydrogen-bond acceptors (Lipinski definition) is 3. The summed E-state index contributed by atoms with van der Waals surface area (Å²) in [5.74, 6) is -0.0975. The average Bonchev–Trinajstić information content (AvgIpc) is 2.96. The van der Waals surface area contributed by atoms with Gasteiger partial charge in [-0.2, -0.15) is 0 Å². The molecule has 1 aromatic carbocycles. The third-order valence-corrected chi connectivity index (χ3v) is 5.45. The van der Waals surface area contributed by atoms with Gasteiger partial charge in [0.25, 0.3) is 5.91 Å². The van der Waals surface area contributed by atoms with E-state index in [2.05, 4.69) is 13.8 Å². The van der Waals surface area contributed by atoms with E-state index in [9.17, 15) is 9.18 Å². The molecule has 1 saturated heterocycles. The Balaban J connectivity index is 1.66. The lowest BCUT2D eigenvalue weighted by Gasteiger charge is -2.36. The molecule has 3 rings (SSSR count). The molecule has 1 aromatic heterocycles. The van der Waals surface area contributed by atoms with Gasteiger partial charge < -0.3 is 9.80 Å². The molecule has 122 valence electrons. The lowest BCUT2D eigenvalue weighted by molar-refractivity contribution is 0.0751. The van der Waals surface area contributed by atoms with Gasteiger partial charge in [0.1, 0.15) is 5.82 Å². The van der Waals surface area contributed by atoms with Crippen molar-refractivity contribution in [1.82, 2.24) is 4.90 Å². The molecule has 0 atom stereocenters. The van der Waals surface area contributed by atoms with Gasteiger partial charge in [-0.25, -0.2) is 4.39 Å². The quantitative estimate of drug-likeness (QED) is 0.855. The van der Waals surface area contributed by atoms with Gasteiger partial charge in [-0.05, 0) is 37.1 Å². The summed E-state index contributed by atoms with van der Waals surface area (Å²) in [5.41, 5.74) is 1.88. The van der Waals surface area contributed by atoms with Gasteiger partial charge in [-0.15, -0.1) is 11.3 Å². The first-order chi connectivity index (χ1) is 11.1. The highest BCUT2D eigenvalue weighted by molar-refractivity contribution is 7.14. The fourth-order valence-electron chi connectivity index (χ4n) is 2.99. The Morgan fingerprint density at radius 3 is 2.52 bits per heavy atom. The van der Waals surface area contributed by atoms with Gasteiger partial charge in [0.15, 0.2) is 0 Å². The standard InChI is InChI=1S/C18H21FN2OS/c1-3-14-12-17(23-13(14)2)18(22)21-10-8-20(9-11-21)16-7-5-4-6-15(16)19/h4-7,12H,3,8-11H2,1-2H3. The molecule has 0 N–H and O–H groups in total. The number of piperazine rings is 1. The minimum Gasteiger partial charge on any atom is -0.366 e. The zero-order valence-electron chi connectivity index (χ0n) is 13.5. The van der Waals surface area contributed by atoms with E-state index in [-0.39, 0.29) is 11.7 Å². The monoisotopic (exact) mass is 332 g/mol. The van der Waals surface area contributed by atoms with Gasteiger partial charge in [-0.1, -0.05) is 19.1 Å². The Labute approximate surface area is 140 Å². The van der Waals surface area contributed by atoms with E-state index in [4.69, 9.17) is 0 Å². The summed E-state index contributed by atoms with van der Waals surface area (Å²) in [6, 6.07) is 8.84. The van der Waals surface area contributed by atoms with Crippen LogP contribution in [0.4, 0.5) is 10.1 Å². The van der Waals surface area contributed by atoms with Gasteiger partial charge in [0, 0.05) is 31.1 Å². The van der Waals surface area contributed by atoms with Crippen molar-refractivity contribution < 1.29 is 9.18 Å². The highest BCUT2D eigenvalue weighted by Gasteiger charge is 2.24. The summed E-state index contributed by atoms with van der Waals surface area (Å²) in [4.78, 5) is 18.6. The van der Waals surface area contributed by atoms with Crippen molar-refractivity contribution in [2.75, 3.05) is 31.1 Å². The predicted octanol–water partition coefficient (Wildman–Crippen LogP) is 3.72. The Morgan fingerprint density at radius 1 is 1.22 bits per heavy atom. The molecule has 0 aliphatic carbocycles. The Kier molecular flexibility index (Phi) is 4.66. The van der Waals surface area contributed by atoms with E-state index in [1.807, 2.05) is 21.9 Å². The van der Waals surface area contributed by atoms with Gasteiger partial charge in [-0.3, -0.25) is 4.79 Å². The fourth-order valence-corrected chi connectivity index (χ4v) is 4.07. The van der Waals surface area contributed by atoms with Crippen LogP contribution in [0.5, 0.6) is 0 Å².